The van der Waals surface area contributed by atoms with Crippen LogP contribution in [0.3, 0.4) is 0 Å². The van der Waals surface area contributed by atoms with Crippen LogP contribution < -0.4 is 5.32 Å². The summed E-state index contributed by atoms with van der Waals surface area (Å²) in [6.45, 7) is 7.96. The van der Waals surface area contributed by atoms with Crippen LogP contribution in [0.2, 0.25) is 0 Å². The van der Waals surface area contributed by atoms with Crippen molar-refractivity contribution in [2.75, 3.05) is 25.0 Å². The predicted molar refractivity (Wildman–Crippen MR) is 65.6 cm³/mol. The number of hydrogen-bond donors (Lipinski definition) is 1. The minimum absolute atomic E-state index is 0.623. The number of thiazole rings is 1. The van der Waals surface area contributed by atoms with Crippen LogP contribution in [0.1, 0.15) is 24.6 Å². The predicted octanol–water partition coefficient (Wildman–Crippen LogP) is 2.35. The van der Waals surface area contributed by atoms with Gasteiger partial charge in [-0.2, -0.15) is 0 Å². The molecule has 1 aromatic heterocycles. The molecule has 1 saturated heterocycles. The Morgan fingerprint density at radius 3 is 2.80 bits per heavy atom. The van der Waals surface area contributed by atoms with E-state index in [2.05, 4.69) is 29.0 Å². The summed E-state index contributed by atoms with van der Waals surface area (Å²) in [4.78, 5) is 8.13. The quantitative estimate of drug-likeness (QED) is 0.856. The fraction of sp³-hybridized carbons (Fsp3) is 0.727. The third-order valence-corrected chi connectivity index (χ3v) is 3.83. The van der Waals surface area contributed by atoms with Gasteiger partial charge in [0.2, 0.25) is 0 Å². The first-order chi connectivity index (χ1) is 7.28. The molecular weight excluding hydrogens is 206 g/mol. The number of nitrogens with zero attached hydrogens (tertiary/aromatic N) is 2. The van der Waals surface area contributed by atoms with Gasteiger partial charge in [0.05, 0.1) is 0 Å². The third kappa shape index (κ3) is 2.92. The molecule has 4 heteroatoms. The van der Waals surface area contributed by atoms with Crippen LogP contribution in [0.15, 0.2) is 6.20 Å². The highest BCUT2D eigenvalue weighted by molar-refractivity contribution is 7.15. The number of hydrogen-bond acceptors (Lipinski definition) is 4. The van der Waals surface area contributed by atoms with E-state index in [1.54, 1.807) is 11.3 Å². The van der Waals surface area contributed by atoms with E-state index in [-0.39, 0.29) is 0 Å². The normalized spacial score (nSPS) is 19.3. The number of piperidine rings is 1. The van der Waals surface area contributed by atoms with Gasteiger partial charge in [-0.1, -0.05) is 6.92 Å². The van der Waals surface area contributed by atoms with E-state index in [9.17, 15) is 0 Å². The Bertz CT molecular complexity index is 303. The van der Waals surface area contributed by atoms with Crippen LogP contribution in [0.25, 0.3) is 0 Å². The van der Waals surface area contributed by atoms with Crippen molar-refractivity contribution in [1.82, 2.24) is 9.88 Å². The Morgan fingerprint density at radius 2 is 2.27 bits per heavy atom. The lowest BCUT2D eigenvalue weighted by Gasteiger charge is -2.31. The fourth-order valence-corrected chi connectivity index (χ4v) is 2.73. The van der Waals surface area contributed by atoms with Crippen LogP contribution in [0, 0.1) is 6.92 Å². The topological polar surface area (TPSA) is 28.2 Å². The molecule has 0 bridgehead atoms. The smallest absolute Gasteiger partial charge is 0.183 e. The summed E-state index contributed by atoms with van der Waals surface area (Å²) >= 11 is 1.75. The van der Waals surface area contributed by atoms with Crippen LogP contribution in [-0.2, 0) is 0 Å². The van der Waals surface area contributed by atoms with Gasteiger partial charge in [0.15, 0.2) is 5.13 Å². The summed E-state index contributed by atoms with van der Waals surface area (Å²) < 4.78 is 0. The first kappa shape index (κ1) is 10.9. The molecule has 0 radical (unpaired) electrons. The maximum Gasteiger partial charge on any atom is 0.183 e. The largest absolute Gasteiger partial charge is 0.359 e. The van der Waals surface area contributed by atoms with Crippen LogP contribution in [0.4, 0.5) is 5.13 Å². The van der Waals surface area contributed by atoms with Gasteiger partial charge in [-0.05, 0) is 26.3 Å². The number of aromatic nitrogens is 1. The van der Waals surface area contributed by atoms with Gasteiger partial charge in [-0.3, -0.25) is 0 Å². The molecule has 0 aromatic carbocycles. The molecule has 3 nitrogen and oxygen atoms in total. The second kappa shape index (κ2) is 4.94. The Morgan fingerprint density at radius 1 is 1.53 bits per heavy atom. The molecule has 0 spiro atoms. The van der Waals surface area contributed by atoms with Gasteiger partial charge in [0.25, 0.3) is 0 Å². The minimum atomic E-state index is 0.623. The fourth-order valence-electron chi connectivity index (χ4n) is 1.99. The SMILES string of the molecule is CCN1CCC(Nc2ncc(C)s2)CC1. The van der Waals surface area contributed by atoms with E-state index in [0.717, 1.165) is 5.13 Å². The van der Waals surface area contributed by atoms with E-state index in [4.69, 9.17) is 0 Å². The standard InChI is InChI=1S/C11H19N3S/c1-3-14-6-4-10(5-7-14)13-11-12-8-9(2)15-11/h8,10H,3-7H2,1-2H3,(H,12,13). The van der Waals surface area contributed by atoms with Gasteiger partial charge in [0, 0.05) is 30.2 Å². The molecule has 2 rings (SSSR count). The Balaban J connectivity index is 1.82. The number of rotatable bonds is 3. The molecule has 15 heavy (non-hydrogen) atoms. The van der Waals surface area contributed by atoms with Gasteiger partial charge >= 0.3 is 0 Å². The molecule has 0 unspecified atom stereocenters. The molecule has 1 aromatic rings. The van der Waals surface area contributed by atoms with Gasteiger partial charge in [-0.15, -0.1) is 11.3 Å². The van der Waals surface area contributed by atoms with Gasteiger partial charge < -0.3 is 10.2 Å². The molecular formula is C11H19N3S. The summed E-state index contributed by atoms with van der Waals surface area (Å²) in [6, 6.07) is 0.623. The van der Waals surface area contributed by atoms with Crippen molar-refractivity contribution in [3.05, 3.63) is 11.1 Å². The summed E-state index contributed by atoms with van der Waals surface area (Å²) in [5.41, 5.74) is 0. The lowest BCUT2D eigenvalue weighted by Crippen LogP contribution is -2.38. The number of nitrogens with one attached hydrogen (secondary N) is 1. The zero-order valence-electron chi connectivity index (χ0n) is 9.49. The van der Waals surface area contributed by atoms with Crippen molar-refractivity contribution in [2.24, 2.45) is 0 Å². The highest BCUT2D eigenvalue weighted by Gasteiger charge is 2.18. The third-order valence-electron chi connectivity index (χ3n) is 2.98. The van der Waals surface area contributed by atoms with Crippen molar-refractivity contribution in [1.29, 1.82) is 0 Å². The molecule has 1 N–H and O–H groups in total. The molecule has 0 aliphatic carbocycles. The van der Waals surface area contributed by atoms with Crippen molar-refractivity contribution in [3.63, 3.8) is 0 Å². The highest BCUT2D eigenvalue weighted by atomic mass is 32.1. The summed E-state index contributed by atoms with van der Waals surface area (Å²) in [6.07, 6.45) is 4.42. The second-order valence-electron chi connectivity index (χ2n) is 4.13. The molecule has 0 amide bonds. The van der Waals surface area contributed by atoms with Crippen molar-refractivity contribution < 1.29 is 0 Å². The van der Waals surface area contributed by atoms with Crippen LogP contribution in [0.5, 0.6) is 0 Å². The minimum Gasteiger partial charge on any atom is -0.359 e. The first-order valence-electron chi connectivity index (χ1n) is 5.69. The Labute approximate surface area is 95.5 Å². The van der Waals surface area contributed by atoms with Crippen molar-refractivity contribution >= 4 is 16.5 Å². The maximum atomic E-state index is 4.34. The monoisotopic (exact) mass is 225 g/mol. The number of anilines is 1. The Kier molecular flexibility index (Phi) is 3.59. The van der Waals surface area contributed by atoms with Gasteiger partial charge in [0.1, 0.15) is 0 Å². The summed E-state index contributed by atoms with van der Waals surface area (Å²) in [7, 11) is 0. The van der Waals surface area contributed by atoms with Crippen LogP contribution in [-0.4, -0.2) is 35.6 Å². The zero-order valence-corrected chi connectivity index (χ0v) is 10.3. The van der Waals surface area contributed by atoms with E-state index >= 15 is 0 Å². The van der Waals surface area contributed by atoms with Crippen LogP contribution >= 0.6 is 11.3 Å². The average molecular weight is 225 g/mol. The number of likely N-dealkylation sites (tertiary alicyclic amines) is 1. The van der Waals surface area contributed by atoms with E-state index < -0.39 is 0 Å². The Hall–Kier alpha value is -0.610. The van der Waals surface area contributed by atoms with Gasteiger partial charge in [-0.25, -0.2) is 4.98 Å². The summed E-state index contributed by atoms with van der Waals surface area (Å²) in [5, 5.41) is 4.61. The molecule has 1 fully saturated rings. The van der Waals surface area contributed by atoms with E-state index in [0.29, 0.717) is 6.04 Å². The molecule has 1 aliphatic heterocycles. The maximum absolute atomic E-state index is 4.34. The average Bonchev–Trinajstić information content (AvgIpc) is 2.65. The highest BCUT2D eigenvalue weighted by Crippen LogP contribution is 2.20. The zero-order chi connectivity index (χ0) is 10.7. The molecule has 1 aliphatic rings. The van der Waals surface area contributed by atoms with Crippen molar-refractivity contribution in [3.8, 4) is 0 Å². The molecule has 2 heterocycles. The molecule has 0 saturated carbocycles. The molecule has 0 atom stereocenters. The first-order valence-corrected chi connectivity index (χ1v) is 6.51. The van der Waals surface area contributed by atoms with E-state index in [1.807, 2.05) is 6.20 Å². The lowest BCUT2D eigenvalue weighted by atomic mass is 10.1. The second-order valence-corrected chi connectivity index (χ2v) is 5.36. The van der Waals surface area contributed by atoms with E-state index in [1.165, 1.54) is 37.4 Å². The molecule has 84 valence electrons. The van der Waals surface area contributed by atoms with Crippen molar-refractivity contribution in [2.45, 2.75) is 32.7 Å². The summed E-state index contributed by atoms with van der Waals surface area (Å²) in [5.74, 6) is 0. The number of aryl methyl sites for hydroxylation is 1. The lowest BCUT2D eigenvalue weighted by molar-refractivity contribution is 0.229.